The molecule has 0 unspecified atom stereocenters. The van der Waals surface area contributed by atoms with Gasteiger partial charge in [0, 0.05) is 15.5 Å². The molecule has 1 N–H and O–H groups in total. The Labute approximate surface area is 137 Å². The van der Waals surface area contributed by atoms with Crippen LogP contribution in [0.5, 0.6) is 0 Å². The SMILES string of the molecule is O=C(NCCCN1CCCCC1)c1cc(Br)ccc1Br. The summed E-state index contributed by atoms with van der Waals surface area (Å²) in [5.41, 5.74) is 0.678. The summed E-state index contributed by atoms with van der Waals surface area (Å²) >= 11 is 6.80. The molecule has 1 heterocycles. The van der Waals surface area contributed by atoms with Crippen molar-refractivity contribution in [3.8, 4) is 0 Å². The molecular formula is C15H20Br2N2O. The van der Waals surface area contributed by atoms with Gasteiger partial charge in [0.2, 0.25) is 0 Å². The number of hydrogen-bond donors (Lipinski definition) is 1. The fourth-order valence-electron chi connectivity index (χ4n) is 2.45. The smallest absolute Gasteiger partial charge is 0.252 e. The highest BCUT2D eigenvalue weighted by molar-refractivity contribution is 9.11. The van der Waals surface area contributed by atoms with E-state index in [-0.39, 0.29) is 5.91 Å². The quantitative estimate of drug-likeness (QED) is 0.758. The van der Waals surface area contributed by atoms with Crippen LogP contribution in [0.25, 0.3) is 0 Å². The predicted molar refractivity (Wildman–Crippen MR) is 89.1 cm³/mol. The molecule has 1 fully saturated rings. The fraction of sp³-hybridized carbons (Fsp3) is 0.533. The van der Waals surface area contributed by atoms with E-state index in [0.29, 0.717) is 5.56 Å². The first kappa shape index (κ1) is 16.0. The van der Waals surface area contributed by atoms with E-state index >= 15 is 0 Å². The minimum absolute atomic E-state index is 0.0168. The van der Waals surface area contributed by atoms with Gasteiger partial charge in [0.25, 0.3) is 5.91 Å². The summed E-state index contributed by atoms with van der Waals surface area (Å²) in [6.45, 7) is 4.24. The molecule has 20 heavy (non-hydrogen) atoms. The minimum atomic E-state index is -0.0168. The van der Waals surface area contributed by atoms with E-state index in [2.05, 4.69) is 42.1 Å². The molecule has 5 heteroatoms. The van der Waals surface area contributed by atoms with Crippen LogP contribution in [0.4, 0.5) is 0 Å². The summed E-state index contributed by atoms with van der Waals surface area (Å²) < 4.78 is 1.74. The second-order valence-corrected chi connectivity index (χ2v) is 6.91. The Bertz CT molecular complexity index is 459. The number of hydrogen-bond acceptors (Lipinski definition) is 2. The van der Waals surface area contributed by atoms with Crippen molar-refractivity contribution in [3.63, 3.8) is 0 Å². The van der Waals surface area contributed by atoms with Gasteiger partial charge >= 0.3 is 0 Å². The number of benzene rings is 1. The molecule has 0 saturated carbocycles. The summed E-state index contributed by atoms with van der Waals surface area (Å²) in [5, 5.41) is 2.99. The molecule has 3 nitrogen and oxygen atoms in total. The molecule has 0 radical (unpaired) electrons. The van der Waals surface area contributed by atoms with E-state index in [4.69, 9.17) is 0 Å². The van der Waals surface area contributed by atoms with E-state index in [0.717, 1.165) is 28.5 Å². The van der Waals surface area contributed by atoms with Crippen molar-refractivity contribution in [1.29, 1.82) is 0 Å². The minimum Gasteiger partial charge on any atom is -0.352 e. The van der Waals surface area contributed by atoms with Crippen LogP contribution in [-0.2, 0) is 0 Å². The molecule has 2 rings (SSSR count). The predicted octanol–water partition coefficient (Wildman–Crippen LogP) is 3.82. The topological polar surface area (TPSA) is 32.3 Å². The van der Waals surface area contributed by atoms with Crippen LogP contribution < -0.4 is 5.32 Å². The van der Waals surface area contributed by atoms with Gasteiger partial charge in [0.15, 0.2) is 0 Å². The Kier molecular flexibility index (Phi) is 6.52. The second-order valence-electron chi connectivity index (χ2n) is 5.14. The molecule has 110 valence electrons. The average Bonchev–Trinajstić information content (AvgIpc) is 2.47. The standard InChI is InChI=1S/C15H20Br2N2O/c16-12-5-6-14(17)13(11-12)15(20)18-7-4-10-19-8-2-1-3-9-19/h5-6,11H,1-4,7-10H2,(H,18,20). The number of piperidine rings is 1. The highest BCUT2D eigenvalue weighted by Gasteiger charge is 2.11. The van der Waals surface area contributed by atoms with Crippen molar-refractivity contribution < 1.29 is 4.79 Å². The van der Waals surface area contributed by atoms with Crippen LogP contribution in [0.2, 0.25) is 0 Å². The molecule has 0 atom stereocenters. The van der Waals surface area contributed by atoms with E-state index in [1.54, 1.807) is 0 Å². The van der Waals surface area contributed by atoms with Gasteiger partial charge in [0.1, 0.15) is 0 Å². The first-order valence-corrected chi connectivity index (χ1v) is 8.71. The molecule has 1 aromatic carbocycles. The summed E-state index contributed by atoms with van der Waals surface area (Å²) in [6.07, 6.45) is 5.01. The van der Waals surface area contributed by atoms with Gasteiger partial charge in [0.05, 0.1) is 5.56 Å². The van der Waals surface area contributed by atoms with Crippen LogP contribution in [0.3, 0.4) is 0 Å². The summed E-state index contributed by atoms with van der Waals surface area (Å²) in [7, 11) is 0. The lowest BCUT2D eigenvalue weighted by Crippen LogP contribution is -2.33. The maximum Gasteiger partial charge on any atom is 0.252 e. The second kappa shape index (κ2) is 8.15. The third-order valence-electron chi connectivity index (χ3n) is 3.56. The zero-order chi connectivity index (χ0) is 14.4. The molecule has 0 bridgehead atoms. The number of amides is 1. The monoisotopic (exact) mass is 402 g/mol. The van der Waals surface area contributed by atoms with Crippen LogP contribution >= 0.6 is 31.9 Å². The van der Waals surface area contributed by atoms with Crippen molar-refractivity contribution in [3.05, 3.63) is 32.7 Å². The lowest BCUT2D eigenvalue weighted by Gasteiger charge is -2.26. The van der Waals surface area contributed by atoms with E-state index in [9.17, 15) is 4.79 Å². The molecule has 1 aliphatic heterocycles. The van der Waals surface area contributed by atoms with Gasteiger partial charge in [-0.2, -0.15) is 0 Å². The number of carbonyl (C=O) groups excluding carboxylic acids is 1. The molecule has 0 aliphatic carbocycles. The number of nitrogens with one attached hydrogen (secondary N) is 1. The van der Waals surface area contributed by atoms with Gasteiger partial charge < -0.3 is 10.2 Å². The Hall–Kier alpha value is -0.390. The zero-order valence-corrected chi connectivity index (χ0v) is 14.7. The molecular weight excluding hydrogens is 384 g/mol. The Morgan fingerprint density at radius 2 is 1.95 bits per heavy atom. The number of halogens is 2. The van der Waals surface area contributed by atoms with Gasteiger partial charge in [-0.05, 0) is 73.0 Å². The molecule has 0 aromatic heterocycles. The highest BCUT2D eigenvalue weighted by atomic mass is 79.9. The third-order valence-corrected chi connectivity index (χ3v) is 4.74. The molecule has 1 aliphatic rings. The lowest BCUT2D eigenvalue weighted by atomic mass is 10.1. The van der Waals surface area contributed by atoms with Crippen molar-refractivity contribution in [2.75, 3.05) is 26.2 Å². The number of likely N-dealkylation sites (tertiary alicyclic amines) is 1. The molecule has 1 saturated heterocycles. The molecule has 1 amide bonds. The lowest BCUT2D eigenvalue weighted by molar-refractivity contribution is 0.0950. The average molecular weight is 404 g/mol. The highest BCUT2D eigenvalue weighted by Crippen LogP contribution is 2.21. The maximum absolute atomic E-state index is 12.1. The largest absolute Gasteiger partial charge is 0.352 e. The molecule has 0 spiro atoms. The molecule has 1 aromatic rings. The van der Waals surface area contributed by atoms with Crippen LogP contribution in [-0.4, -0.2) is 37.0 Å². The van der Waals surface area contributed by atoms with E-state index in [1.807, 2.05) is 18.2 Å². The van der Waals surface area contributed by atoms with Gasteiger partial charge in [-0.1, -0.05) is 22.4 Å². The third kappa shape index (κ3) is 4.86. The maximum atomic E-state index is 12.1. The van der Waals surface area contributed by atoms with E-state index in [1.165, 1.54) is 32.4 Å². The first-order chi connectivity index (χ1) is 9.66. The number of rotatable bonds is 5. The van der Waals surface area contributed by atoms with Gasteiger partial charge in [-0.15, -0.1) is 0 Å². The van der Waals surface area contributed by atoms with Crippen LogP contribution in [0.15, 0.2) is 27.1 Å². The Morgan fingerprint density at radius 3 is 2.70 bits per heavy atom. The number of carbonyl (C=O) groups is 1. The van der Waals surface area contributed by atoms with Crippen molar-refractivity contribution in [1.82, 2.24) is 10.2 Å². The zero-order valence-electron chi connectivity index (χ0n) is 11.5. The van der Waals surface area contributed by atoms with Crippen molar-refractivity contribution in [2.24, 2.45) is 0 Å². The summed E-state index contributed by atoms with van der Waals surface area (Å²) in [5.74, 6) is -0.0168. The van der Waals surface area contributed by atoms with Crippen molar-refractivity contribution >= 4 is 37.8 Å². The Balaban J connectivity index is 1.73. The van der Waals surface area contributed by atoms with E-state index < -0.39 is 0 Å². The number of nitrogens with zero attached hydrogens (tertiary/aromatic N) is 1. The summed E-state index contributed by atoms with van der Waals surface area (Å²) in [4.78, 5) is 14.6. The Morgan fingerprint density at radius 1 is 1.20 bits per heavy atom. The fourth-order valence-corrected chi connectivity index (χ4v) is 3.24. The normalized spacial score (nSPS) is 16.1. The summed E-state index contributed by atoms with van der Waals surface area (Å²) in [6, 6.07) is 5.63. The van der Waals surface area contributed by atoms with Crippen LogP contribution in [0, 0.1) is 0 Å². The van der Waals surface area contributed by atoms with Gasteiger partial charge in [-0.3, -0.25) is 4.79 Å². The first-order valence-electron chi connectivity index (χ1n) is 7.12. The van der Waals surface area contributed by atoms with Crippen molar-refractivity contribution in [2.45, 2.75) is 25.7 Å². The van der Waals surface area contributed by atoms with Gasteiger partial charge in [-0.25, -0.2) is 0 Å². The van der Waals surface area contributed by atoms with Crippen LogP contribution in [0.1, 0.15) is 36.0 Å².